The van der Waals surface area contributed by atoms with E-state index in [1.165, 1.54) is 11.8 Å². The van der Waals surface area contributed by atoms with Crippen molar-refractivity contribution in [1.29, 1.82) is 0 Å². The highest BCUT2D eigenvalue weighted by molar-refractivity contribution is 8.18. The van der Waals surface area contributed by atoms with Gasteiger partial charge in [0.25, 0.3) is 11.8 Å². The van der Waals surface area contributed by atoms with Crippen LogP contribution in [0.5, 0.6) is 0 Å². The molecule has 0 spiro atoms. The normalized spacial score (nSPS) is 19.9. The fraction of sp³-hybridized carbons (Fsp3) is 0.190. The van der Waals surface area contributed by atoms with Crippen LogP contribution in [-0.2, 0) is 9.53 Å². The summed E-state index contributed by atoms with van der Waals surface area (Å²) in [4.78, 5) is 31.2. The number of hydrogen-bond donors (Lipinski definition) is 1. The number of hydrogen-bond acceptors (Lipinski definition) is 5. The quantitative estimate of drug-likeness (QED) is 0.812. The summed E-state index contributed by atoms with van der Waals surface area (Å²) in [7, 11) is 0. The summed E-state index contributed by atoms with van der Waals surface area (Å²) in [5.74, 6) is -0.624. The van der Waals surface area contributed by atoms with E-state index in [0.717, 1.165) is 37.6 Å². The van der Waals surface area contributed by atoms with Crippen molar-refractivity contribution in [2.45, 2.75) is 0 Å². The van der Waals surface area contributed by atoms with Crippen LogP contribution >= 0.6 is 11.8 Å². The molecule has 2 aliphatic heterocycles. The van der Waals surface area contributed by atoms with Crippen molar-refractivity contribution in [1.82, 2.24) is 5.32 Å². The smallest absolute Gasteiger partial charge is 0.279 e. The van der Waals surface area contributed by atoms with E-state index < -0.39 is 0 Å². The zero-order valence-corrected chi connectivity index (χ0v) is 15.9. The second-order valence-corrected chi connectivity index (χ2v) is 7.37. The zero-order chi connectivity index (χ0) is 19.3. The van der Waals surface area contributed by atoms with Gasteiger partial charge in [0.2, 0.25) is 0 Å². The highest BCUT2D eigenvalue weighted by Gasteiger charge is 2.24. The third-order valence-electron chi connectivity index (χ3n) is 4.44. The van der Waals surface area contributed by atoms with Crippen LogP contribution in [0, 0.1) is 0 Å². The van der Waals surface area contributed by atoms with Crippen molar-refractivity contribution in [2.24, 2.45) is 4.99 Å². The molecule has 0 aromatic heterocycles. The molecule has 2 fully saturated rings. The first-order valence-electron chi connectivity index (χ1n) is 9.01. The minimum Gasteiger partial charge on any atom is -0.378 e. The lowest BCUT2D eigenvalue weighted by atomic mass is 10.1. The molecular formula is C21H19N3O3S. The fourth-order valence-electron chi connectivity index (χ4n) is 2.97. The first-order chi connectivity index (χ1) is 13.7. The molecule has 142 valence electrons. The Morgan fingerprint density at radius 2 is 1.79 bits per heavy atom. The van der Waals surface area contributed by atoms with Crippen LogP contribution < -0.4 is 10.2 Å². The van der Waals surface area contributed by atoms with Crippen molar-refractivity contribution in [3.05, 3.63) is 70.6 Å². The topological polar surface area (TPSA) is 71.0 Å². The van der Waals surface area contributed by atoms with Crippen LogP contribution in [0.1, 0.15) is 15.9 Å². The van der Waals surface area contributed by atoms with E-state index in [1.807, 2.05) is 30.3 Å². The van der Waals surface area contributed by atoms with Gasteiger partial charge in [0.1, 0.15) is 0 Å². The minimum atomic E-state index is -0.375. The van der Waals surface area contributed by atoms with E-state index in [4.69, 9.17) is 4.74 Å². The molecule has 4 rings (SSSR count). The number of amides is 2. The summed E-state index contributed by atoms with van der Waals surface area (Å²) >= 11 is 1.17. The molecule has 0 unspecified atom stereocenters. The van der Waals surface area contributed by atoms with Gasteiger partial charge in [-0.05, 0) is 47.7 Å². The number of morpholine rings is 1. The fourth-order valence-corrected chi connectivity index (χ4v) is 3.79. The van der Waals surface area contributed by atoms with E-state index in [0.29, 0.717) is 15.6 Å². The number of benzene rings is 2. The van der Waals surface area contributed by atoms with E-state index in [2.05, 4.69) is 15.2 Å². The van der Waals surface area contributed by atoms with Gasteiger partial charge in [0.15, 0.2) is 5.17 Å². The number of carbonyl (C=O) groups excluding carboxylic acids is 2. The van der Waals surface area contributed by atoms with Gasteiger partial charge < -0.3 is 15.0 Å². The third kappa shape index (κ3) is 4.32. The Balaban J connectivity index is 1.45. The third-order valence-corrected chi connectivity index (χ3v) is 5.35. The molecule has 0 bridgehead atoms. The molecule has 2 aromatic carbocycles. The van der Waals surface area contributed by atoms with E-state index in [-0.39, 0.29) is 11.8 Å². The molecule has 0 aliphatic carbocycles. The number of thioether (sulfide) groups is 1. The van der Waals surface area contributed by atoms with Crippen LogP contribution in [0.4, 0.5) is 5.69 Å². The van der Waals surface area contributed by atoms with Gasteiger partial charge in [-0.2, -0.15) is 4.99 Å². The number of aliphatic imine (C=N–C) groups is 1. The molecule has 0 radical (unpaired) electrons. The van der Waals surface area contributed by atoms with Crippen LogP contribution in [0.25, 0.3) is 6.08 Å². The monoisotopic (exact) mass is 393 g/mol. The van der Waals surface area contributed by atoms with E-state index >= 15 is 0 Å². The van der Waals surface area contributed by atoms with Crippen LogP contribution in [0.3, 0.4) is 0 Å². The van der Waals surface area contributed by atoms with Crippen molar-refractivity contribution in [3.8, 4) is 0 Å². The lowest BCUT2D eigenvalue weighted by Crippen LogP contribution is -2.36. The molecule has 0 atom stereocenters. The minimum absolute atomic E-state index is 0.248. The van der Waals surface area contributed by atoms with Gasteiger partial charge in [-0.3, -0.25) is 9.59 Å². The van der Waals surface area contributed by atoms with Crippen LogP contribution in [0.15, 0.2) is 64.5 Å². The SMILES string of the molecule is O=C1NC(=NC(=O)c2ccccc2)S/C1=C\c1ccc(N2CCOCC2)cc1. The molecule has 2 saturated heterocycles. The Kier molecular flexibility index (Phi) is 5.55. The van der Waals surface area contributed by atoms with Crippen molar-refractivity contribution in [2.75, 3.05) is 31.2 Å². The summed E-state index contributed by atoms with van der Waals surface area (Å²) in [6.07, 6.45) is 1.80. The predicted molar refractivity (Wildman–Crippen MR) is 111 cm³/mol. The molecule has 2 heterocycles. The molecule has 2 amide bonds. The van der Waals surface area contributed by atoms with Crippen LogP contribution in [-0.4, -0.2) is 43.3 Å². The maximum absolute atomic E-state index is 12.2. The summed E-state index contributed by atoms with van der Waals surface area (Å²) in [5.41, 5.74) is 2.55. The Morgan fingerprint density at radius 1 is 1.07 bits per heavy atom. The first-order valence-corrected chi connectivity index (χ1v) is 9.82. The summed E-state index contributed by atoms with van der Waals surface area (Å²) in [6.45, 7) is 3.25. The Labute approximate surface area is 167 Å². The summed E-state index contributed by atoms with van der Waals surface area (Å²) in [6, 6.07) is 16.8. The predicted octanol–water partition coefficient (Wildman–Crippen LogP) is 2.92. The van der Waals surface area contributed by atoms with Gasteiger partial charge in [-0.15, -0.1) is 0 Å². The standard InChI is InChI=1S/C21H19N3O3S/c25-19(16-4-2-1-3-5-16)22-21-23-20(26)18(28-21)14-15-6-8-17(9-7-15)24-10-12-27-13-11-24/h1-9,14H,10-13H2,(H,22,23,25,26)/b18-14-. The molecular weight excluding hydrogens is 374 g/mol. The number of ether oxygens (including phenoxy) is 1. The highest BCUT2D eigenvalue weighted by Crippen LogP contribution is 2.27. The largest absolute Gasteiger partial charge is 0.378 e. The Hall–Kier alpha value is -2.90. The number of amidine groups is 1. The van der Waals surface area contributed by atoms with E-state index in [9.17, 15) is 9.59 Å². The van der Waals surface area contributed by atoms with Gasteiger partial charge in [0, 0.05) is 24.3 Å². The second kappa shape index (κ2) is 8.41. The molecule has 7 heteroatoms. The maximum atomic E-state index is 12.2. The van der Waals surface area contributed by atoms with Crippen molar-refractivity contribution < 1.29 is 14.3 Å². The van der Waals surface area contributed by atoms with Gasteiger partial charge in [0.05, 0.1) is 18.1 Å². The number of anilines is 1. The number of rotatable bonds is 3. The van der Waals surface area contributed by atoms with E-state index in [1.54, 1.807) is 30.3 Å². The highest BCUT2D eigenvalue weighted by atomic mass is 32.2. The molecule has 1 N–H and O–H groups in total. The molecule has 2 aliphatic rings. The van der Waals surface area contributed by atoms with Gasteiger partial charge in [-0.25, -0.2) is 0 Å². The van der Waals surface area contributed by atoms with Crippen LogP contribution in [0.2, 0.25) is 0 Å². The Bertz CT molecular complexity index is 933. The second-order valence-electron chi connectivity index (χ2n) is 6.34. The number of carbonyl (C=O) groups is 2. The lowest BCUT2D eigenvalue weighted by Gasteiger charge is -2.28. The molecule has 2 aromatic rings. The summed E-state index contributed by atoms with van der Waals surface area (Å²) in [5, 5.41) is 2.95. The zero-order valence-electron chi connectivity index (χ0n) is 15.1. The van der Waals surface area contributed by atoms with Crippen molar-refractivity contribution >= 4 is 40.5 Å². The maximum Gasteiger partial charge on any atom is 0.279 e. The first kappa shape index (κ1) is 18.5. The molecule has 0 saturated carbocycles. The number of nitrogens with one attached hydrogen (secondary N) is 1. The average Bonchev–Trinajstić information content (AvgIpc) is 3.08. The van der Waals surface area contributed by atoms with Crippen molar-refractivity contribution in [3.63, 3.8) is 0 Å². The molecule has 28 heavy (non-hydrogen) atoms. The lowest BCUT2D eigenvalue weighted by molar-refractivity contribution is -0.115. The van der Waals surface area contributed by atoms with Gasteiger partial charge >= 0.3 is 0 Å². The van der Waals surface area contributed by atoms with Gasteiger partial charge in [-0.1, -0.05) is 30.3 Å². The molecule has 6 nitrogen and oxygen atoms in total. The average molecular weight is 393 g/mol. The summed E-state index contributed by atoms with van der Waals surface area (Å²) < 4.78 is 5.38. The Morgan fingerprint density at radius 3 is 2.50 bits per heavy atom. The number of nitrogens with zero attached hydrogens (tertiary/aromatic N) is 2.